The first kappa shape index (κ1) is 38.7. The van der Waals surface area contributed by atoms with E-state index in [4.69, 9.17) is 19.2 Å². The zero-order valence-electron chi connectivity index (χ0n) is 32.8. The van der Waals surface area contributed by atoms with Crippen molar-refractivity contribution in [3.05, 3.63) is 53.3 Å². The Morgan fingerprint density at radius 3 is 2.64 bits per heavy atom. The second kappa shape index (κ2) is 15.8. The normalized spacial score (nSPS) is 24.6. The molecule has 2 saturated heterocycles. The molecule has 0 aliphatic carbocycles. The molecule has 6 rings (SSSR count). The summed E-state index contributed by atoms with van der Waals surface area (Å²) >= 11 is 0. The second-order valence-corrected chi connectivity index (χ2v) is 16.7. The number of methoxy groups -OCH3 is 1. The summed E-state index contributed by atoms with van der Waals surface area (Å²) in [6.07, 6.45) is 4.77. The third kappa shape index (κ3) is 8.71. The van der Waals surface area contributed by atoms with E-state index in [1.807, 2.05) is 19.2 Å². The van der Waals surface area contributed by atoms with Gasteiger partial charge < -0.3 is 29.0 Å². The van der Waals surface area contributed by atoms with E-state index < -0.39 is 35.2 Å². The van der Waals surface area contributed by atoms with Gasteiger partial charge in [-0.15, -0.1) is 0 Å². The quantitative estimate of drug-likeness (QED) is 0.299. The van der Waals surface area contributed by atoms with Crippen LogP contribution in [-0.4, -0.2) is 95.0 Å². The van der Waals surface area contributed by atoms with Crippen LogP contribution in [0.2, 0.25) is 0 Å². The van der Waals surface area contributed by atoms with Gasteiger partial charge in [-0.1, -0.05) is 19.9 Å². The largest absolute Gasteiger partial charge is 0.464 e. The number of amides is 2. The molecule has 2 N–H and O–H groups in total. The number of esters is 1. The SMILES string of the molecule is CCn1c(-c2cccnc2[C@H](C)OC)c2c3cc(ccc31)C1CCCN(C1)C[C@H](NC(=O)OC(C)(C)C)C(=O)N1CCC[C@H](N1)C(=O)OCC(C)(C)C2. The lowest BCUT2D eigenvalue weighted by molar-refractivity contribution is -0.155. The molecule has 6 bridgehead atoms. The number of pyridine rings is 1. The Hall–Kier alpha value is -4.00. The average Bonchev–Trinajstić information content (AvgIpc) is 3.43. The van der Waals surface area contributed by atoms with Gasteiger partial charge >= 0.3 is 12.1 Å². The number of piperidine rings is 1. The van der Waals surface area contributed by atoms with E-state index >= 15 is 0 Å². The molecular weight excluding hydrogens is 672 g/mol. The fourth-order valence-corrected chi connectivity index (χ4v) is 8.15. The predicted molar refractivity (Wildman–Crippen MR) is 204 cm³/mol. The number of carbonyl (C=O) groups excluding carboxylic acids is 3. The Morgan fingerprint density at radius 2 is 1.91 bits per heavy atom. The Morgan fingerprint density at radius 1 is 1.13 bits per heavy atom. The Labute approximate surface area is 313 Å². The number of nitrogens with zero attached hydrogens (tertiary/aromatic N) is 4. The van der Waals surface area contributed by atoms with E-state index in [1.165, 1.54) is 21.5 Å². The maximum absolute atomic E-state index is 14.1. The Kier molecular flexibility index (Phi) is 11.5. The van der Waals surface area contributed by atoms with E-state index in [1.54, 1.807) is 27.9 Å². The van der Waals surface area contributed by atoms with Crippen molar-refractivity contribution >= 4 is 28.9 Å². The number of aromatic nitrogens is 2. The van der Waals surface area contributed by atoms with Gasteiger partial charge in [-0.3, -0.25) is 19.6 Å². The van der Waals surface area contributed by atoms with E-state index in [2.05, 4.69) is 65.2 Å². The highest BCUT2D eigenvalue weighted by molar-refractivity contribution is 5.93. The van der Waals surface area contributed by atoms with Crippen molar-refractivity contribution in [3.63, 3.8) is 0 Å². The summed E-state index contributed by atoms with van der Waals surface area (Å²) in [6.45, 7) is 17.1. The molecule has 2 aromatic heterocycles. The first-order valence-electron chi connectivity index (χ1n) is 19.3. The number of alkyl carbamates (subject to hydrolysis) is 1. The summed E-state index contributed by atoms with van der Waals surface area (Å²) in [5, 5.41) is 5.54. The molecule has 3 aromatic rings. The standard InChI is InChI=1S/C41H58N6O6/c1-9-46-34-17-16-27-21-30(34)31(36(46)29-14-10-18-42-35(29)26(2)51-8)22-41(6,7)25-52-38(49)32-15-12-20-47(44-32)37(48)33(43-39(50)53-40(3,4)5)24-45-19-11-13-28(27)23-45/h10,14,16-18,21,26,28,32-33,44H,9,11-13,15,19-20,22-25H2,1-8H3,(H,43,50)/t26-,28?,32-,33-/m0/s1. The number of benzene rings is 1. The number of fused-ring (bicyclic) bond motifs is 6. The summed E-state index contributed by atoms with van der Waals surface area (Å²) in [6, 6.07) is 9.42. The summed E-state index contributed by atoms with van der Waals surface area (Å²) < 4.78 is 19.8. The molecule has 12 heteroatoms. The number of hydrogen-bond acceptors (Lipinski definition) is 9. The van der Waals surface area contributed by atoms with Crippen molar-refractivity contribution in [2.45, 2.75) is 117 Å². The van der Waals surface area contributed by atoms with Crippen LogP contribution >= 0.6 is 0 Å². The van der Waals surface area contributed by atoms with Crippen molar-refractivity contribution in [1.29, 1.82) is 0 Å². The molecule has 2 fully saturated rings. The van der Waals surface area contributed by atoms with Crippen LogP contribution < -0.4 is 10.7 Å². The van der Waals surface area contributed by atoms with E-state index in [0.717, 1.165) is 54.9 Å². The van der Waals surface area contributed by atoms with Gasteiger partial charge in [0.2, 0.25) is 0 Å². The van der Waals surface area contributed by atoms with Crippen LogP contribution in [0.1, 0.15) is 103 Å². The molecule has 3 aliphatic rings. The fraction of sp³-hybridized carbons (Fsp3) is 0.610. The van der Waals surface area contributed by atoms with Crippen LogP contribution in [0.5, 0.6) is 0 Å². The van der Waals surface area contributed by atoms with Crippen LogP contribution in [0.3, 0.4) is 0 Å². The smallest absolute Gasteiger partial charge is 0.408 e. The highest BCUT2D eigenvalue weighted by Gasteiger charge is 2.37. The zero-order valence-corrected chi connectivity index (χ0v) is 32.8. The molecule has 288 valence electrons. The molecule has 2 unspecified atom stereocenters. The number of cyclic esters (lactones) is 1. The Bertz CT molecular complexity index is 1810. The summed E-state index contributed by atoms with van der Waals surface area (Å²) in [5.41, 5.74) is 8.63. The Balaban J connectivity index is 1.46. The van der Waals surface area contributed by atoms with Crippen LogP contribution in [0.15, 0.2) is 36.5 Å². The third-order valence-corrected chi connectivity index (χ3v) is 10.7. The lowest BCUT2D eigenvalue weighted by Gasteiger charge is -2.38. The maximum atomic E-state index is 14.1. The van der Waals surface area contributed by atoms with E-state index in [0.29, 0.717) is 32.4 Å². The number of aryl methyl sites for hydroxylation is 1. The molecule has 0 radical (unpaired) electrons. The van der Waals surface area contributed by atoms with Crippen molar-refractivity contribution in [1.82, 2.24) is 30.2 Å². The molecule has 1 aromatic carbocycles. The first-order chi connectivity index (χ1) is 25.2. The van der Waals surface area contributed by atoms with Gasteiger partial charge in [-0.25, -0.2) is 10.2 Å². The molecule has 0 saturated carbocycles. The number of hydrogen-bond donors (Lipinski definition) is 2. The monoisotopic (exact) mass is 730 g/mol. The van der Waals surface area contributed by atoms with Gasteiger partial charge in [0.25, 0.3) is 5.91 Å². The van der Waals surface area contributed by atoms with E-state index in [9.17, 15) is 14.4 Å². The van der Waals surface area contributed by atoms with Crippen molar-refractivity contribution in [3.8, 4) is 11.3 Å². The van der Waals surface area contributed by atoms with Gasteiger partial charge in [-0.05, 0) is 115 Å². The van der Waals surface area contributed by atoms with Crippen LogP contribution in [0.4, 0.5) is 4.79 Å². The topological polar surface area (TPSA) is 127 Å². The van der Waals surface area contributed by atoms with Crippen LogP contribution in [0.25, 0.3) is 22.2 Å². The summed E-state index contributed by atoms with van der Waals surface area (Å²) in [7, 11) is 1.71. The summed E-state index contributed by atoms with van der Waals surface area (Å²) in [5.74, 6) is -0.456. The molecule has 53 heavy (non-hydrogen) atoms. The molecule has 5 atom stereocenters. The molecule has 0 spiro atoms. The van der Waals surface area contributed by atoms with E-state index in [-0.39, 0.29) is 24.5 Å². The van der Waals surface area contributed by atoms with Crippen LogP contribution in [-0.2, 0) is 36.8 Å². The van der Waals surface area contributed by atoms with Crippen molar-refractivity contribution < 1.29 is 28.6 Å². The maximum Gasteiger partial charge on any atom is 0.408 e. The molecule has 5 heterocycles. The lowest BCUT2D eigenvalue weighted by Crippen LogP contribution is -2.62. The number of nitrogens with one attached hydrogen (secondary N) is 2. The average molecular weight is 731 g/mol. The zero-order chi connectivity index (χ0) is 38.1. The minimum atomic E-state index is -0.873. The minimum Gasteiger partial charge on any atom is -0.464 e. The van der Waals surface area contributed by atoms with Crippen molar-refractivity contribution in [2.24, 2.45) is 5.41 Å². The van der Waals surface area contributed by atoms with Gasteiger partial charge in [0, 0.05) is 61.4 Å². The number of hydrazine groups is 1. The van der Waals surface area contributed by atoms with Crippen LogP contribution in [0, 0.1) is 5.41 Å². The molecule has 2 amide bonds. The van der Waals surface area contributed by atoms with Gasteiger partial charge in [0.1, 0.15) is 17.7 Å². The first-order valence-corrected chi connectivity index (χ1v) is 19.3. The van der Waals surface area contributed by atoms with Gasteiger partial charge in [0.05, 0.1) is 24.1 Å². The van der Waals surface area contributed by atoms with Gasteiger partial charge in [0.15, 0.2) is 0 Å². The predicted octanol–water partition coefficient (Wildman–Crippen LogP) is 6.12. The third-order valence-electron chi connectivity index (χ3n) is 10.7. The number of ether oxygens (including phenoxy) is 3. The lowest BCUT2D eigenvalue weighted by atomic mass is 9.83. The molecular formula is C41H58N6O6. The minimum absolute atomic E-state index is 0.199. The second-order valence-electron chi connectivity index (χ2n) is 16.7. The number of carbonyl (C=O) groups is 3. The molecule has 3 aliphatic heterocycles. The highest BCUT2D eigenvalue weighted by Crippen LogP contribution is 2.42. The van der Waals surface area contributed by atoms with Gasteiger partial charge in [-0.2, -0.15) is 0 Å². The van der Waals surface area contributed by atoms with Crippen molar-refractivity contribution in [2.75, 3.05) is 39.9 Å². The fourth-order valence-electron chi connectivity index (χ4n) is 8.15. The highest BCUT2D eigenvalue weighted by atomic mass is 16.6. The molecule has 12 nitrogen and oxygen atoms in total. The number of rotatable bonds is 5. The summed E-state index contributed by atoms with van der Waals surface area (Å²) in [4.78, 5) is 47.9.